The summed E-state index contributed by atoms with van der Waals surface area (Å²) in [6, 6.07) is 20.4. The number of amides is 2. The molecule has 0 aliphatic carbocycles. The number of anilines is 1. The number of rotatable bonds is 9. The zero-order valence-corrected chi connectivity index (χ0v) is 22.2. The molecule has 0 saturated carbocycles. The second-order valence-electron chi connectivity index (χ2n) is 8.96. The fourth-order valence-corrected chi connectivity index (χ4v) is 5.24. The van der Waals surface area contributed by atoms with Gasteiger partial charge in [0.05, 0.1) is 10.6 Å². The Morgan fingerprint density at radius 3 is 2.00 bits per heavy atom. The van der Waals surface area contributed by atoms with E-state index >= 15 is 0 Å². The van der Waals surface area contributed by atoms with E-state index in [1.54, 1.807) is 37.3 Å². The molecule has 0 radical (unpaired) electrons. The zero-order valence-electron chi connectivity index (χ0n) is 21.4. The van der Waals surface area contributed by atoms with Crippen LogP contribution in [0.2, 0.25) is 0 Å². The molecule has 8 heteroatoms. The van der Waals surface area contributed by atoms with Gasteiger partial charge < -0.3 is 10.2 Å². The Kier molecular flexibility index (Phi) is 8.53. The maximum atomic E-state index is 13.7. The molecule has 0 heterocycles. The van der Waals surface area contributed by atoms with Crippen LogP contribution in [0.4, 0.5) is 5.69 Å². The highest BCUT2D eigenvalue weighted by atomic mass is 32.2. The molecule has 1 atom stereocenters. The number of hydrogen-bond acceptors (Lipinski definition) is 4. The van der Waals surface area contributed by atoms with Crippen LogP contribution < -0.4 is 9.62 Å². The van der Waals surface area contributed by atoms with E-state index in [1.165, 1.54) is 24.1 Å². The van der Waals surface area contributed by atoms with E-state index in [0.717, 1.165) is 26.6 Å². The van der Waals surface area contributed by atoms with Crippen LogP contribution in [0.3, 0.4) is 0 Å². The Labute approximate surface area is 213 Å². The van der Waals surface area contributed by atoms with Crippen molar-refractivity contribution in [2.45, 2.75) is 45.2 Å². The highest BCUT2D eigenvalue weighted by molar-refractivity contribution is 7.92. The van der Waals surface area contributed by atoms with Crippen LogP contribution in [0.15, 0.2) is 77.7 Å². The first-order valence-electron chi connectivity index (χ1n) is 11.8. The van der Waals surface area contributed by atoms with Gasteiger partial charge in [-0.15, -0.1) is 0 Å². The number of aryl methyl sites for hydroxylation is 3. The standard InChI is InChI=1S/C28H33N3O4S/c1-20-9-13-24(14-10-20)18-30(23(4)28(33)29-5)27(32)19-31(25-8-6-7-22(3)17-25)36(34,35)26-15-11-21(2)12-16-26/h6-17,23H,18-19H2,1-5H3,(H,29,33)/t23-/m0/s1. The highest BCUT2D eigenvalue weighted by Gasteiger charge is 2.32. The number of likely N-dealkylation sites (N-methyl/N-ethyl adjacent to an activating group) is 1. The molecule has 0 aliphatic heterocycles. The molecule has 36 heavy (non-hydrogen) atoms. The zero-order chi connectivity index (χ0) is 26.5. The SMILES string of the molecule is CNC(=O)[C@H](C)N(Cc1ccc(C)cc1)C(=O)CN(c1cccc(C)c1)S(=O)(=O)c1ccc(C)cc1. The van der Waals surface area contributed by atoms with E-state index in [1.807, 2.05) is 51.1 Å². The third kappa shape index (κ3) is 6.31. The normalized spacial score (nSPS) is 12.0. The molecule has 1 N–H and O–H groups in total. The van der Waals surface area contributed by atoms with Gasteiger partial charge in [-0.1, -0.05) is 59.7 Å². The van der Waals surface area contributed by atoms with Gasteiger partial charge >= 0.3 is 0 Å². The molecule has 0 fully saturated rings. The second kappa shape index (κ2) is 11.4. The molecular formula is C28H33N3O4S. The van der Waals surface area contributed by atoms with Gasteiger partial charge in [0.1, 0.15) is 12.6 Å². The number of carbonyl (C=O) groups is 2. The first-order valence-corrected chi connectivity index (χ1v) is 13.2. The van der Waals surface area contributed by atoms with Crippen molar-refractivity contribution in [1.82, 2.24) is 10.2 Å². The molecular weight excluding hydrogens is 474 g/mol. The smallest absolute Gasteiger partial charge is 0.264 e. The molecule has 0 spiro atoms. The Bertz CT molecular complexity index is 1320. The summed E-state index contributed by atoms with van der Waals surface area (Å²) in [5.41, 5.74) is 4.08. The Morgan fingerprint density at radius 1 is 0.861 bits per heavy atom. The minimum atomic E-state index is -4.06. The summed E-state index contributed by atoms with van der Waals surface area (Å²) < 4.78 is 28.6. The molecule has 0 bridgehead atoms. The molecule has 3 rings (SSSR count). The number of carbonyl (C=O) groups excluding carboxylic acids is 2. The maximum absolute atomic E-state index is 13.7. The van der Waals surface area contributed by atoms with Crippen molar-refractivity contribution < 1.29 is 18.0 Å². The molecule has 0 unspecified atom stereocenters. The van der Waals surface area contributed by atoms with Crippen LogP contribution in [0.5, 0.6) is 0 Å². The summed E-state index contributed by atoms with van der Waals surface area (Å²) in [5.74, 6) is -0.817. The summed E-state index contributed by atoms with van der Waals surface area (Å²) in [4.78, 5) is 27.7. The lowest BCUT2D eigenvalue weighted by molar-refractivity contribution is -0.139. The quantitative estimate of drug-likeness (QED) is 0.475. The minimum Gasteiger partial charge on any atom is -0.357 e. The summed E-state index contributed by atoms with van der Waals surface area (Å²) in [5, 5.41) is 2.58. The van der Waals surface area contributed by atoms with E-state index in [2.05, 4.69) is 5.32 Å². The molecule has 0 aromatic heterocycles. The van der Waals surface area contributed by atoms with Gasteiger partial charge in [0.2, 0.25) is 11.8 Å². The van der Waals surface area contributed by atoms with Crippen molar-refractivity contribution in [3.05, 3.63) is 95.1 Å². The number of nitrogens with zero attached hydrogens (tertiary/aromatic N) is 2. The Morgan fingerprint density at radius 2 is 1.44 bits per heavy atom. The monoisotopic (exact) mass is 507 g/mol. The Hall–Kier alpha value is -3.65. The molecule has 7 nitrogen and oxygen atoms in total. The summed E-state index contributed by atoms with van der Waals surface area (Å²) in [6.45, 7) is 7.05. The van der Waals surface area contributed by atoms with Gasteiger partial charge in [0, 0.05) is 13.6 Å². The van der Waals surface area contributed by atoms with Crippen LogP contribution in [0, 0.1) is 20.8 Å². The summed E-state index contributed by atoms with van der Waals surface area (Å²) in [6.07, 6.45) is 0. The van der Waals surface area contributed by atoms with Gasteiger partial charge in [0.15, 0.2) is 0 Å². The molecule has 3 aromatic carbocycles. The molecule has 190 valence electrons. The number of nitrogens with one attached hydrogen (secondary N) is 1. The maximum Gasteiger partial charge on any atom is 0.264 e. The molecule has 3 aromatic rings. The van der Waals surface area contributed by atoms with Crippen LogP contribution in [-0.4, -0.2) is 44.8 Å². The van der Waals surface area contributed by atoms with Crippen LogP contribution in [0.1, 0.15) is 29.2 Å². The minimum absolute atomic E-state index is 0.0897. The average Bonchev–Trinajstić information content (AvgIpc) is 2.86. The lowest BCUT2D eigenvalue weighted by atomic mass is 10.1. The van der Waals surface area contributed by atoms with Crippen molar-refractivity contribution in [2.75, 3.05) is 17.9 Å². The van der Waals surface area contributed by atoms with Crippen LogP contribution in [0.25, 0.3) is 0 Å². The summed E-state index contributed by atoms with van der Waals surface area (Å²) in [7, 11) is -2.55. The van der Waals surface area contributed by atoms with Crippen LogP contribution in [-0.2, 0) is 26.2 Å². The van der Waals surface area contributed by atoms with E-state index in [0.29, 0.717) is 5.69 Å². The van der Waals surface area contributed by atoms with Gasteiger partial charge in [-0.25, -0.2) is 8.42 Å². The van der Waals surface area contributed by atoms with Crippen molar-refractivity contribution in [3.63, 3.8) is 0 Å². The van der Waals surface area contributed by atoms with E-state index < -0.39 is 28.5 Å². The van der Waals surface area contributed by atoms with Crippen molar-refractivity contribution in [3.8, 4) is 0 Å². The second-order valence-corrected chi connectivity index (χ2v) is 10.8. The Balaban J connectivity index is 2.02. The molecule has 0 aliphatic rings. The van der Waals surface area contributed by atoms with E-state index in [4.69, 9.17) is 0 Å². The van der Waals surface area contributed by atoms with Crippen molar-refractivity contribution in [2.24, 2.45) is 0 Å². The van der Waals surface area contributed by atoms with Crippen molar-refractivity contribution in [1.29, 1.82) is 0 Å². The third-order valence-electron chi connectivity index (χ3n) is 6.06. The number of benzene rings is 3. The number of sulfonamides is 1. The fraction of sp³-hybridized carbons (Fsp3) is 0.286. The molecule has 0 saturated heterocycles. The number of hydrogen-bond donors (Lipinski definition) is 1. The topological polar surface area (TPSA) is 86.8 Å². The average molecular weight is 508 g/mol. The first kappa shape index (κ1) is 26.9. The van der Waals surface area contributed by atoms with Gasteiger partial charge in [-0.2, -0.15) is 0 Å². The summed E-state index contributed by atoms with van der Waals surface area (Å²) >= 11 is 0. The fourth-order valence-electron chi connectivity index (χ4n) is 3.83. The van der Waals surface area contributed by atoms with E-state index in [9.17, 15) is 18.0 Å². The largest absolute Gasteiger partial charge is 0.357 e. The predicted octanol–water partition coefficient (Wildman–Crippen LogP) is 3.97. The van der Waals surface area contributed by atoms with Crippen molar-refractivity contribution >= 4 is 27.5 Å². The van der Waals surface area contributed by atoms with Gasteiger partial charge in [-0.05, 0) is 63.1 Å². The highest BCUT2D eigenvalue weighted by Crippen LogP contribution is 2.25. The molecule has 2 amide bonds. The third-order valence-corrected chi connectivity index (χ3v) is 7.85. The van der Waals surface area contributed by atoms with E-state index in [-0.39, 0.29) is 17.3 Å². The lowest BCUT2D eigenvalue weighted by Gasteiger charge is -2.32. The van der Waals surface area contributed by atoms with Crippen LogP contribution >= 0.6 is 0 Å². The van der Waals surface area contributed by atoms with Gasteiger partial charge in [0.25, 0.3) is 10.0 Å². The van der Waals surface area contributed by atoms with Gasteiger partial charge in [-0.3, -0.25) is 13.9 Å². The first-order chi connectivity index (χ1) is 17.0. The lowest BCUT2D eigenvalue weighted by Crippen LogP contribution is -2.50. The predicted molar refractivity (Wildman–Crippen MR) is 142 cm³/mol.